The van der Waals surface area contributed by atoms with Crippen LogP contribution in [0, 0.1) is 6.92 Å². The summed E-state index contributed by atoms with van der Waals surface area (Å²) in [5, 5.41) is 21.8. The minimum atomic E-state index is -0.412. The van der Waals surface area contributed by atoms with Crippen molar-refractivity contribution in [2.24, 2.45) is 0 Å². The van der Waals surface area contributed by atoms with Gasteiger partial charge in [0.2, 0.25) is 5.91 Å². The lowest BCUT2D eigenvalue weighted by atomic mass is 10.1. The molecule has 122 valence electrons. The lowest BCUT2D eigenvalue weighted by Crippen LogP contribution is -2.09. The molecule has 0 bridgehead atoms. The van der Waals surface area contributed by atoms with Gasteiger partial charge in [0.05, 0.1) is 12.8 Å². The molecule has 7 heteroatoms. The van der Waals surface area contributed by atoms with E-state index in [0.29, 0.717) is 22.5 Å². The van der Waals surface area contributed by atoms with Crippen molar-refractivity contribution in [3.8, 4) is 17.2 Å². The fraction of sp³-hybridized carbons (Fsp3) is 0.118. The van der Waals surface area contributed by atoms with Crippen LogP contribution in [0.15, 0.2) is 43.0 Å². The highest BCUT2D eigenvalue weighted by molar-refractivity contribution is 6.00. The van der Waals surface area contributed by atoms with Crippen molar-refractivity contribution >= 4 is 22.6 Å². The standard InChI is InChI=1S/C17H16N4O3/c1-4-16(22)18-14-7-10(2)8-15(17(14)23)21-19-12-6-5-11(24-3)9-13(12)20-21/h4-9,23H,1H2,2-3H3,(H,18,22). The van der Waals surface area contributed by atoms with Gasteiger partial charge >= 0.3 is 0 Å². The predicted molar refractivity (Wildman–Crippen MR) is 90.6 cm³/mol. The third kappa shape index (κ3) is 2.79. The maximum atomic E-state index is 11.5. The number of hydrogen-bond acceptors (Lipinski definition) is 5. The highest BCUT2D eigenvalue weighted by Gasteiger charge is 2.15. The molecule has 0 saturated heterocycles. The lowest BCUT2D eigenvalue weighted by molar-refractivity contribution is -0.111. The number of anilines is 1. The van der Waals surface area contributed by atoms with Gasteiger partial charge in [0.25, 0.3) is 0 Å². The average molecular weight is 324 g/mol. The topological polar surface area (TPSA) is 89.3 Å². The molecule has 0 aliphatic heterocycles. The molecule has 24 heavy (non-hydrogen) atoms. The Morgan fingerprint density at radius 1 is 1.29 bits per heavy atom. The summed E-state index contributed by atoms with van der Waals surface area (Å²) in [5.41, 5.74) is 2.76. The number of hydrogen-bond donors (Lipinski definition) is 2. The van der Waals surface area contributed by atoms with Crippen LogP contribution in [0.5, 0.6) is 11.5 Å². The van der Waals surface area contributed by atoms with E-state index in [-0.39, 0.29) is 11.4 Å². The number of benzene rings is 2. The molecule has 1 aromatic heterocycles. The van der Waals surface area contributed by atoms with Crippen LogP contribution in [0.2, 0.25) is 0 Å². The third-order valence-electron chi connectivity index (χ3n) is 3.48. The minimum Gasteiger partial charge on any atom is -0.504 e. The first-order chi connectivity index (χ1) is 11.5. The largest absolute Gasteiger partial charge is 0.504 e. The number of carbonyl (C=O) groups is 1. The van der Waals surface area contributed by atoms with Crippen LogP contribution in [-0.2, 0) is 4.79 Å². The molecule has 0 saturated carbocycles. The van der Waals surface area contributed by atoms with Gasteiger partial charge in [-0.3, -0.25) is 4.79 Å². The molecular formula is C17H16N4O3. The van der Waals surface area contributed by atoms with Crippen molar-refractivity contribution in [1.82, 2.24) is 15.0 Å². The van der Waals surface area contributed by atoms with Gasteiger partial charge in [-0.25, -0.2) is 0 Å². The molecule has 2 aromatic carbocycles. The van der Waals surface area contributed by atoms with Gasteiger partial charge in [-0.05, 0) is 42.8 Å². The van der Waals surface area contributed by atoms with Crippen molar-refractivity contribution in [2.75, 3.05) is 12.4 Å². The molecule has 0 atom stereocenters. The number of aromatic nitrogens is 3. The maximum absolute atomic E-state index is 11.5. The van der Waals surface area contributed by atoms with Crippen LogP contribution in [-0.4, -0.2) is 33.1 Å². The number of ether oxygens (including phenoxy) is 1. The second-order valence-electron chi connectivity index (χ2n) is 5.22. The number of amides is 1. The molecule has 2 N–H and O–H groups in total. The molecule has 0 aliphatic carbocycles. The molecule has 3 aromatic rings. The van der Waals surface area contributed by atoms with Crippen LogP contribution < -0.4 is 10.1 Å². The molecule has 1 amide bonds. The van der Waals surface area contributed by atoms with E-state index in [4.69, 9.17) is 4.74 Å². The van der Waals surface area contributed by atoms with Gasteiger partial charge in [-0.15, -0.1) is 15.0 Å². The monoisotopic (exact) mass is 324 g/mol. The highest BCUT2D eigenvalue weighted by Crippen LogP contribution is 2.32. The molecule has 0 fully saturated rings. The Labute approximate surface area is 138 Å². The Bertz CT molecular complexity index is 946. The molecule has 0 unspecified atom stereocenters. The second-order valence-corrected chi connectivity index (χ2v) is 5.22. The number of fused-ring (bicyclic) bond motifs is 1. The Morgan fingerprint density at radius 2 is 2.04 bits per heavy atom. The lowest BCUT2D eigenvalue weighted by Gasteiger charge is -2.11. The van der Waals surface area contributed by atoms with Gasteiger partial charge in [0.1, 0.15) is 22.5 Å². The van der Waals surface area contributed by atoms with E-state index in [1.165, 1.54) is 4.80 Å². The van der Waals surface area contributed by atoms with Crippen LogP contribution in [0.25, 0.3) is 16.7 Å². The van der Waals surface area contributed by atoms with E-state index in [1.807, 2.05) is 6.92 Å². The summed E-state index contributed by atoms with van der Waals surface area (Å²) in [7, 11) is 1.58. The quantitative estimate of drug-likeness (QED) is 0.569. The second kappa shape index (κ2) is 6.04. The van der Waals surface area contributed by atoms with E-state index in [9.17, 15) is 9.90 Å². The van der Waals surface area contributed by atoms with E-state index in [2.05, 4.69) is 22.1 Å². The zero-order valence-corrected chi connectivity index (χ0v) is 13.3. The van der Waals surface area contributed by atoms with Crippen molar-refractivity contribution in [1.29, 1.82) is 0 Å². The number of nitrogens with zero attached hydrogens (tertiary/aromatic N) is 3. The maximum Gasteiger partial charge on any atom is 0.247 e. The van der Waals surface area contributed by atoms with Crippen LogP contribution in [0.4, 0.5) is 5.69 Å². The smallest absolute Gasteiger partial charge is 0.247 e. The van der Waals surface area contributed by atoms with Crippen molar-refractivity contribution in [3.05, 3.63) is 48.6 Å². The van der Waals surface area contributed by atoms with Gasteiger partial charge in [0.15, 0.2) is 5.75 Å². The zero-order chi connectivity index (χ0) is 17.3. The first kappa shape index (κ1) is 15.5. The Kier molecular flexibility index (Phi) is 3.91. The molecule has 3 rings (SSSR count). The fourth-order valence-electron chi connectivity index (χ4n) is 2.32. The first-order valence-electron chi connectivity index (χ1n) is 7.20. The van der Waals surface area contributed by atoms with E-state index in [1.54, 1.807) is 37.4 Å². The summed E-state index contributed by atoms with van der Waals surface area (Å²) in [6.07, 6.45) is 1.13. The normalized spacial score (nSPS) is 10.6. The number of phenols is 1. The summed E-state index contributed by atoms with van der Waals surface area (Å²) < 4.78 is 5.17. The first-order valence-corrected chi connectivity index (χ1v) is 7.20. The van der Waals surface area contributed by atoms with Gasteiger partial charge in [-0.1, -0.05) is 6.58 Å². The van der Waals surface area contributed by atoms with Crippen LogP contribution >= 0.6 is 0 Å². The number of aromatic hydroxyl groups is 1. The summed E-state index contributed by atoms with van der Waals surface area (Å²) in [6.45, 7) is 5.25. The summed E-state index contributed by atoms with van der Waals surface area (Å²) >= 11 is 0. The Balaban J connectivity index is 2.11. The van der Waals surface area contributed by atoms with Crippen molar-refractivity contribution in [2.45, 2.75) is 6.92 Å². The third-order valence-corrected chi connectivity index (χ3v) is 3.48. The number of methoxy groups -OCH3 is 1. The van der Waals surface area contributed by atoms with Crippen LogP contribution in [0.3, 0.4) is 0 Å². The predicted octanol–water partition coefficient (Wildman–Crippen LogP) is 2.57. The molecule has 7 nitrogen and oxygen atoms in total. The molecule has 1 heterocycles. The average Bonchev–Trinajstić information content (AvgIpc) is 3.00. The van der Waals surface area contributed by atoms with Gasteiger partial charge in [-0.2, -0.15) is 0 Å². The van der Waals surface area contributed by atoms with Crippen LogP contribution in [0.1, 0.15) is 5.56 Å². The van der Waals surface area contributed by atoms with E-state index < -0.39 is 5.91 Å². The molecule has 0 spiro atoms. The van der Waals surface area contributed by atoms with Gasteiger partial charge in [0, 0.05) is 6.07 Å². The molecule has 0 aliphatic rings. The minimum absolute atomic E-state index is 0.122. The molecular weight excluding hydrogens is 308 g/mol. The summed E-state index contributed by atoms with van der Waals surface area (Å²) in [5.74, 6) is 0.134. The number of phenolic OH excluding ortho intramolecular Hbond substituents is 1. The number of nitrogens with one attached hydrogen (secondary N) is 1. The highest BCUT2D eigenvalue weighted by atomic mass is 16.5. The van der Waals surface area contributed by atoms with E-state index in [0.717, 1.165) is 11.6 Å². The zero-order valence-electron chi connectivity index (χ0n) is 13.3. The number of aryl methyl sites for hydroxylation is 1. The number of rotatable bonds is 4. The Hall–Kier alpha value is -3.35. The SMILES string of the molecule is C=CC(=O)Nc1cc(C)cc(-n2nc3ccc(OC)cc3n2)c1O. The Morgan fingerprint density at radius 3 is 2.75 bits per heavy atom. The van der Waals surface area contributed by atoms with Gasteiger partial charge < -0.3 is 15.2 Å². The van der Waals surface area contributed by atoms with Crippen molar-refractivity contribution in [3.63, 3.8) is 0 Å². The van der Waals surface area contributed by atoms with Crippen molar-refractivity contribution < 1.29 is 14.6 Å². The number of carbonyl (C=O) groups excluding carboxylic acids is 1. The summed E-state index contributed by atoms with van der Waals surface area (Å²) in [6, 6.07) is 8.71. The molecule has 0 radical (unpaired) electrons. The van der Waals surface area contributed by atoms with E-state index >= 15 is 0 Å². The summed E-state index contributed by atoms with van der Waals surface area (Å²) in [4.78, 5) is 12.8. The fourth-order valence-corrected chi connectivity index (χ4v) is 2.32.